The number of hydrogen-bond acceptors (Lipinski definition) is 5. The molecule has 0 radical (unpaired) electrons. The Kier molecular flexibility index (Phi) is 5.35. The van der Waals surface area contributed by atoms with E-state index < -0.39 is 11.9 Å². The smallest absolute Gasteiger partial charge is 0.355 e. The molecule has 0 bridgehead atoms. The zero-order valence-electron chi connectivity index (χ0n) is 11.0. The van der Waals surface area contributed by atoms with Crippen molar-refractivity contribution in [3.05, 3.63) is 40.9 Å². The van der Waals surface area contributed by atoms with Crippen molar-refractivity contribution < 1.29 is 19.8 Å². The minimum atomic E-state index is -1.03. The summed E-state index contributed by atoms with van der Waals surface area (Å²) in [5, 5.41) is 19.7. The van der Waals surface area contributed by atoms with Gasteiger partial charge in [-0.15, -0.1) is 11.3 Å². The molecule has 5 nitrogen and oxygen atoms in total. The molecule has 2 rings (SSSR count). The molecule has 7 heteroatoms. The molecule has 2 N–H and O–H groups in total. The Hall–Kier alpha value is -1.86. The molecule has 0 saturated heterocycles. The molecule has 2 aromatic rings. The van der Waals surface area contributed by atoms with Crippen LogP contribution in [0.15, 0.2) is 29.6 Å². The molecule has 0 saturated carbocycles. The van der Waals surface area contributed by atoms with E-state index >= 15 is 0 Å². The minimum Gasteiger partial charge on any atom is -0.481 e. The zero-order valence-corrected chi connectivity index (χ0v) is 12.6. The van der Waals surface area contributed by atoms with Crippen molar-refractivity contribution in [2.75, 3.05) is 5.75 Å². The minimum absolute atomic E-state index is 0.0521. The maximum absolute atomic E-state index is 10.8. The van der Waals surface area contributed by atoms with Gasteiger partial charge in [-0.1, -0.05) is 18.2 Å². The average molecular weight is 323 g/mol. The monoisotopic (exact) mass is 323 g/mol. The van der Waals surface area contributed by atoms with Gasteiger partial charge in [0.1, 0.15) is 5.01 Å². The van der Waals surface area contributed by atoms with Gasteiger partial charge in [0.15, 0.2) is 5.69 Å². The number of aliphatic carboxylic acids is 1. The Morgan fingerprint density at radius 2 is 2.10 bits per heavy atom. The van der Waals surface area contributed by atoms with Crippen LogP contribution in [-0.4, -0.2) is 32.9 Å². The Bertz CT molecular complexity index is 654. The molecule has 0 unspecified atom stereocenters. The van der Waals surface area contributed by atoms with Crippen LogP contribution in [0.3, 0.4) is 0 Å². The van der Waals surface area contributed by atoms with Crippen LogP contribution in [-0.2, 0) is 10.5 Å². The fourth-order valence-electron chi connectivity index (χ4n) is 1.65. The van der Waals surface area contributed by atoms with Gasteiger partial charge in [-0.25, -0.2) is 9.78 Å². The van der Waals surface area contributed by atoms with Gasteiger partial charge in [0.25, 0.3) is 0 Å². The van der Waals surface area contributed by atoms with Crippen molar-refractivity contribution in [2.45, 2.75) is 12.2 Å². The SMILES string of the molecule is O=C(O)CCSCc1cccc(-c2nc(C(=O)O)cs2)c1. The van der Waals surface area contributed by atoms with Crippen molar-refractivity contribution in [2.24, 2.45) is 0 Å². The molecular weight excluding hydrogens is 310 g/mol. The molecule has 110 valence electrons. The lowest BCUT2D eigenvalue weighted by Crippen LogP contribution is -1.96. The maximum atomic E-state index is 10.8. The van der Waals surface area contributed by atoms with E-state index in [4.69, 9.17) is 10.2 Å². The number of nitrogens with zero attached hydrogens (tertiary/aromatic N) is 1. The quantitative estimate of drug-likeness (QED) is 0.761. The number of benzene rings is 1. The molecule has 1 aromatic carbocycles. The van der Waals surface area contributed by atoms with Crippen LogP contribution in [0, 0.1) is 0 Å². The predicted molar refractivity (Wildman–Crippen MR) is 82.9 cm³/mol. The van der Waals surface area contributed by atoms with E-state index in [2.05, 4.69) is 4.98 Å². The van der Waals surface area contributed by atoms with E-state index in [-0.39, 0.29) is 12.1 Å². The number of aromatic nitrogens is 1. The predicted octanol–water partition coefficient (Wildman–Crippen LogP) is 3.22. The third-order valence-corrected chi connectivity index (χ3v) is 4.55. The maximum Gasteiger partial charge on any atom is 0.355 e. The molecular formula is C14H13NO4S2. The highest BCUT2D eigenvalue weighted by Gasteiger charge is 2.10. The van der Waals surface area contributed by atoms with Gasteiger partial charge in [0, 0.05) is 22.4 Å². The molecule has 0 spiro atoms. The summed E-state index contributed by atoms with van der Waals surface area (Å²) in [6.45, 7) is 0. The lowest BCUT2D eigenvalue weighted by molar-refractivity contribution is -0.136. The molecule has 0 amide bonds. The summed E-state index contributed by atoms with van der Waals surface area (Å²) in [6, 6.07) is 7.70. The summed E-state index contributed by atoms with van der Waals surface area (Å²) in [5.74, 6) is -0.531. The van der Waals surface area contributed by atoms with Crippen LogP contribution in [0.4, 0.5) is 0 Å². The van der Waals surface area contributed by atoms with Crippen molar-refractivity contribution in [1.82, 2.24) is 4.98 Å². The summed E-state index contributed by atoms with van der Waals surface area (Å²) < 4.78 is 0. The topological polar surface area (TPSA) is 87.5 Å². The first-order chi connectivity index (χ1) is 10.1. The van der Waals surface area contributed by atoms with Crippen LogP contribution < -0.4 is 0 Å². The van der Waals surface area contributed by atoms with E-state index in [0.29, 0.717) is 10.8 Å². The van der Waals surface area contributed by atoms with E-state index in [9.17, 15) is 9.59 Å². The molecule has 0 atom stereocenters. The fourth-order valence-corrected chi connectivity index (χ4v) is 3.32. The van der Waals surface area contributed by atoms with Crippen LogP contribution in [0.25, 0.3) is 10.6 Å². The van der Waals surface area contributed by atoms with Gasteiger partial charge in [-0.3, -0.25) is 4.79 Å². The van der Waals surface area contributed by atoms with Crippen molar-refractivity contribution in [1.29, 1.82) is 0 Å². The third kappa shape index (κ3) is 4.57. The van der Waals surface area contributed by atoms with E-state index in [1.807, 2.05) is 24.3 Å². The number of thiazole rings is 1. The summed E-state index contributed by atoms with van der Waals surface area (Å²) in [6.07, 6.45) is 0.152. The fraction of sp³-hybridized carbons (Fsp3) is 0.214. The Morgan fingerprint density at radius 1 is 1.29 bits per heavy atom. The molecule has 0 aliphatic carbocycles. The van der Waals surface area contributed by atoms with Crippen molar-refractivity contribution in [3.63, 3.8) is 0 Å². The van der Waals surface area contributed by atoms with Crippen LogP contribution in [0.5, 0.6) is 0 Å². The van der Waals surface area contributed by atoms with Crippen LogP contribution >= 0.6 is 23.1 Å². The van der Waals surface area contributed by atoms with Crippen LogP contribution in [0.2, 0.25) is 0 Å². The van der Waals surface area contributed by atoms with Crippen molar-refractivity contribution in [3.8, 4) is 10.6 Å². The van der Waals surface area contributed by atoms with Gasteiger partial charge in [0.2, 0.25) is 0 Å². The number of carboxylic acids is 2. The lowest BCUT2D eigenvalue weighted by atomic mass is 10.1. The number of rotatable bonds is 7. The number of hydrogen-bond donors (Lipinski definition) is 2. The first-order valence-corrected chi connectivity index (χ1v) is 8.17. The van der Waals surface area contributed by atoms with E-state index in [1.165, 1.54) is 16.7 Å². The van der Waals surface area contributed by atoms with Gasteiger partial charge in [-0.05, 0) is 11.6 Å². The molecule has 1 heterocycles. The largest absolute Gasteiger partial charge is 0.481 e. The molecule has 21 heavy (non-hydrogen) atoms. The Morgan fingerprint density at radius 3 is 2.76 bits per heavy atom. The van der Waals surface area contributed by atoms with Crippen LogP contribution in [0.1, 0.15) is 22.5 Å². The standard InChI is InChI=1S/C14H13NO4S2/c16-12(17)4-5-20-7-9-2-1-3-10(6-9)13-15-11(8-21-13)14(18)19/h1-3,6,8H,4-5,7H2,(H,16,17)(H,18,19). The summed E-state index contributed by atoms with van der Waals surface area (Å²) in [7, 11) is 0. The Balaban J connectivity index is 2.03. The number of thioether (sulfide) groups is 1. The van der Waals surface area contributed by atoms with E-state index in [1.54, 1.807) is 11.8 Å². The highest BCUT2D eigenvalue weighted by molar-refractivity contribution is 7.98. The first-order valence-electron chi connectivity index (χ1n) is 6.14. The third-order valence-electron chi connectivity index (χ3n) is 2.63. The van der Waals surface area contributed by atoms with Crippen molar-refractivity contribution >= 4 is 35.0 Å². The molecule has 0 fully saturated rings. The summed E-state index contributed by atoms with van der Waals surface area (Å²) >= 11 is 2.85. The first kappa shape index (κ1) is 15.5. The molecule has 0 aliphatic rings. The Labute approximate surface area is 129 Å². The molecule has 1 aromatic heterocycles. The number of aromatic carboxylic acids is 1. The second-order valence-electron chi connectivity index (χ2n) is 4.24. The normalized spacial score (nSPS) is 10.5. The highest BCUT2D eigenvalue weighted by Crippen LogP contribution is 2.26. The zero-order chi connectivity index (χ0) is 15.2. The second-order valence-corrected chi connectivity index (χ2v) is 6.20. The lowest BCUT2D eigenvalue weighted by Gasteiger charge is -2.03. The van der Waals surface area contributed by atoms with E-state index in [0.717, 1.165) is 16.9 Å². The summed E-state index contributed by atoms with van der Waals surface area (Å²) in [5.41, 5.74) is 2.00. The molecule has 0 aliphatic heterocycles. The van der Waals surface area contributed by atoms with Gasteiger partial charge >= 0.3 is 11.9 Å². The highest BCUT2D eigenvalue weighted by atomic mass is 32.2. The number of carbonyl (C=O) groups is 2. The second kappa shape index (κ2) is 7.24. The van der Waals surface area contributed by atoms with Gasteiger partial charge < -0.3 is 10.2 Å². The summed E-state index contributed by atoms with van der Waals surface area (Å²) in [4.78, 5) is 25.3. The average Bonchev–Trinajstić information content (AvgIpc) is 2.94. The number of carboxylic acid groups (broad SMARTS) is 2. The van der Waals surface area contributed by atoms with Gasteiger partial charge in [0.05, 0.1) is 6.42 Å². The van der Waals surface area contributed by atoms with Gasteiger partial charge in [-0.2, -0.15) is 11.8 Å².